The van der Waals surface area contributed by atoms with Crippen LogP contribution in [0.2, 0.25) is 0 Å². The average molecular weight is 251 g/mol. The van der Waals surface area contributed by atoms with Gasteiger partial charge in [0.1, 0.15) is 0 Å². The zero-order valence-corrected chi connectivity index (χ0v) is 10.4. The number of hydrogen-bond donors (Lipinski definition) is 3. The Kier molecular flexibility index (Phi) is 6.82. The smallest absolute Gasteiger partial charge is 0.211 e. The number of sulfonamides is 1. The first-order valence-electron chi connectivity index (χ1n) is 5.24. The third-order valence-electron chi connectivity index (χ3n) is 2.69. The Morgan fingerprint density at radius 1 is 1.50 bits per heavy atom. The highest BCUT2D eigenvalue weighted by Gasteiger charge is 2.27. The number of aliphatic hydroxyl groups excluding tert-OH is 2. The fourth-order valence-corrected chi connectivity index (χ4v) is 2.34. The molecule has 5 nitrogen and oxygen atoms in total. The van der Waals surface area contributed by atoms with E-state index in [0.29, 0.717) is 12.8 Å². The number of primary sulfonamides is 1. The van der Waals surface area contributed by atoms with E-state index < -0.39 is 21.4 Å². The quantitative estimate of drug-likeness (QED) is 0.528. The maximum absolute atomic E-state index is 11.2. The maximum atomic E-state index is 11.2. The highest BCUT2D eigenvalue weighted by molar-refractivity contribution is 7.89. The van der Waals surface area contributed by atoms with Crippen LogP contribution in [0.1, 0.15) is 26.2 Å². The van der Waals surface area contributed by atoms with Crippen LogP contribution in [0.3, 0.4) is 0 Å². The van der Waals surface area contributed by atoms with E-state index in [0.717, 1.165) is 0 Å². The Labute approximate surface area is 97.0 Å². The maximum Gasteiger partial charge on any atom is 0.211 e. The first kappa shape index (κ1) is 15.6. The molecule has 4 N–H and O–H groups in total. The fraction of sp³-hybridized carbons (Fsp3) is 0.800. The molecule has 0 heterocycles. The number of allylic oxidation sites excluding steroid dienone is 1. The van der Waals surface area contributed by atoms with Crippen molar-refractivity contribution in [2.75, 3.05) is 6.61 Å². The zero-order valence-electron chi connectivity index (χ0n) is 9.54. The zero-order chi connectivity index (χ0) is 12.8. The minimum absolute atomic E-state index is 0.119. The van der Waals surface area contributed by atoms with Crippen molar-refractivity contribution in [1.82, 2.24) is 0 Å². The van der Waals surface area contributed by atoms with E-state index in [1.54, 1.807) is 6.08 Å². The Hall–Kier alpha value is -0.430. The molecule has 0 aliphatic carbocycles. The molecule has 16 heavy (non-hydrogen) atoms. The predicted octanol–water partition coefficient (Wildman–Crippen LogP) is -0.0109. The molecule has 6 heteroatoms. The average Bonchev–Trinajstić information content (AvgIpc) is 2.15. The van der Waals surface area contributed by atoms with E-state index in [1.165, 1.54) is 6.92 Å². The number of rotatable bonds is 8. The summed E-state index contributed by atoms with van der Waals surface area (Å²) in [6.07, 6.45) is 1.91. The third-order valence-corrected chi connectivity index (χ3v) is 4.11. The van der Waals surface area contributed by atoms with Gasteiger partial charge >= 0.3 is 0 Å². The van der Waals surface area contributed by atoms with Crippen molar-refractivity contribution in [2.24, 2.45) is 11.1 Å². The molecule has 0 aromatic rings. The summed E-state index contributed by atoms with van der Waals surface area (Å²) in [4.78, 5) is 0. The molecule has 0 rings (SSSR count). The molecule has 0 aromatic heterocycles. The second kappa shape index (κ2) is 7.01. The molecule has 0 fully saturated rings. The van der Waals surface area contributed by atoms with Crippen LogP contribution in [-0.4, -0.2) is 36.6 Å². The van der Waals surface area contributed by atoms with E-state index in [9.17, 15) is 13.5 Å². The van der Waals surface area contributed by atoms with Gasteiger partial charge in [-0.05, 0) is 32.1 Å². The molecule has 0 spiro atoms. The normalized spacial score (nSPS) is 17.8. The van der Waals surface area contributed by atoms with Crippen molar-refractivity contribution in [2.45, 2.75) is 37.5 Å². The van der Waals surface area contributed by atoms with Crippen molar-refractivity contribution in [3.05, 3.63) is 12.7 Å². The molecular weight excluding hydrogens is 230 g/mol. The summed E-state index contributed by atoms with van der Waals surface area (Å²) in [5, 5.41) is 22.5. The van der Waals surface area contributed by atoms with Crippen LogP contribution in [0.4, 0.5) is 0 Å². The SMILES string of the molecule is C=CC[C@@H](C[C@H](O)CCO)[C@H](C)S(N)(=O)=O. The lowest BCUT2D eigenvalue weighted by atomic mass is 9.94. The van der Waals surface area contributed by atoms with Crippen LogP contribution >= 0.6 is 0 Å². The number of nitrogens with two attached hydrogens (primary N) is 1. The number of aliphatic hydroxyl groups is 2. The van der Waals surface area contributed by atoms with Gasteiger partial charge in [0.25, 0.3) is 0 Å². The van der Waals surface area contributed by atoms with Gasteiger partial charge in [0.2, 0.25) is 10.0 Å². The molecule has 0 aliphatic rings. The molecule has 0 unspecified atom stereocenters. The third kappa shape index (κ3) is 5.60. The molecule has 0 bridgehead atoms. The van der Waals surface area contributed by atoms with Gasteiger partial charge in [-0.3, -0.25) is 0 Å². The van der Waals surface area contributed by atoms with Gasteiger partial charge in [-0.2, -0.15) is 0 Å². The topological polar surface area (TPSA) is 101 Å². The lowest BCUT2D eigenvalue weighted by Gasteiger charge is -2.23. The summed E-state index contributed by atoms with van der Waals surface area (Å²) in [5.41, 5.74) is 0. The van der Waals surface area contributed by atoms with Crippen molar-refractivity contribution in [1.29, 1.82) is 0 Å². The molecule has 96 valence electrons. The molecule has 0 saturated carbocycles. The van der Waals surface area contributed by atoms with Gasteiger partial charge < -0.3 is 10.2 Å². The highest BCUT2D eigenvalue weighted by atomic mass is 32.2. The molecule has 0 amide bonds. The molecule has 0 aromatic carbocycles. The second-order valence-electron chi connectivity index (χ2n) is 3.98. The molecule has 3 atom stereocenters. The van der Waals surface area contributed by atoms with Crippen molar-refractivity contribution >= 4 is 10.0 Å². The van der Waals surface area contributed by atoms with Gasteiger partial charge in [-0.25, -0.2) is 13.6 Å². The highest BCUT2D eigenvalue weighted by Crippen LogP contribution is 2.21. The van der Waals surface area contributed by atoms with E-state index in [-0.39, 0.29) is 18.9 Å². The van der Waals surface area contributed by atoms with Crippen molar-refractivity contribution < 1.29 is 18.6 Å². The Bertz CT molecular complexity index is 302. The molecule has 0 saturated heterocycles. The van der Waals surface area contributed by atoms with Crippen LogP contribution in [-0.2, 0) is 10.0 Å². The van der Waals surface area contributed by atoms with Gasteiger partial charge in [-0.1, -0.05) is 6.08 Å². The first-order valence-corrected chi connectivity index (χ1v) is 6.85. The van der Waals surface area contributed by atoms with Gasteiger partial charge in [0.05, 0.1) is 11.4 Å². The lowest BCUT2D eigenvalue weighted by molar-refractivity contribution is 0.108. The summed E-state index contributed by atoms with van der Waals surface area (Å²) < 4.78 is 22.4. The Balaban J connectivity index is 4.54. The monoisotopic (exact) mass is 251 g/mol. The van der Waals surface area contributed by atoms with E-state index in [2.05, 4.69) is 6.58 Å². The number of hydrogen-bond acceptors (Lipinski definition) is 4. The van der Waals surface area contributed by atoms with Gasteiger partial charge in [0, 0.05) is 6.61 Å². The van der Waals surface area contributed by atoms with Crippen LogP contribution in [0.25, 0.3) is 0 Å². The van der Waals surface area contributed by atoms with Crippen LogP contribution in [0, 0.1) is 5.92 Å². The van der Waals surface area contributed by atoms with Crippen LogP contribution in [0.15, 0.2) is 12.7 Å². The summed E-state index contributed by atoms with van der Waals surface area (Å²) in [6.45, 7) is 4.96. The minimum atomic E-state index is -3.61. The largest absolute Gasteiger partial charge is 0.396 e. The van der Waals surface area contributed by atoms with Crippen molar-refractivity contribution in [3.63, 3.8) is 0 Å². The summed E-state index contributed by atoms with van der Waals surface area (Å²) >= 11 is 0. The molecular formula is C10H21NO4S. The first-order chi connectivity index (χ1) is 7.32. The van der Waals surface area contributed by atoms with Gasteiger partial charge in [-0.15, -0.1) is 6.58 Å². The van der Waals surface area contributed by atoms with Crippen LogP contribution in [0.5, 0.6) is 0 Å². The van der Waals surface area contributed by atoms with E-state index in [1.807, 2.05) is 0 Å². The minimum Gasteiger partial charge on any atom is -0.396 e. The predicted molar refractivity (Wildman–Crippen MR) is 63.2 cm³/mol. The Morgan fingerprint density at radius 3 is 2.44 bits per heavy atom. The summed E-state index contributed by atoms with van der Waals surface area (Å²) in [6, 6.07) is 0. The van der Waals surface area contributed by atoms with Crippen molar-refractivity contribution in [3.8, 4) is 0 Å². The fourth-order valence-electron chi connectivity index (χ4n) is 1.58. The Morgan fingerprint density at radius 2 is 2.06 bits per heavy atom. The molecule has 0 radical (unpaired) electrons. The standard InChI is InChI=1S/C10H21NO4S/c1-3-4-9(7-10(13)5-6-12)8(2)16(11,14)15/h3,8-10,12-13H,1,4-7H2,2H3,(H2,11,14,15)/t8-,9-,10+/m0/s1. The molecule has 0 aliphatic heterocycles. The van der Waals surface area contributed by atoms with Gasteiger partial charge in [0.15, 0.2) is 0 Å². The van der Waals surface area contributed by atoms with Crippen LogP contribution < -0.4 is 5.14 Å². The summed E-state index contributed by atoms with van der Waals surface area (Å²) in [7, 11) is -3.61. The van der Waals surface area contributed by atoms with E-state index >= 15 is 0 Å². The summed E-state index contributed by atoms with van der Waals surface area (Å²) in [5.74, 6) is -0.269. The lowest BCUT2D eigenvalue weighted by Crippen LogP contribution is -2.34. The second-order valence-corrected chi connectivity index (χ2v) is 5.90. The van der Waals surface area contributed by atoms with E-state index in [4.69, 9.17) is 10.2 Å².